The predicted octanol–water partition coefficient (Wildman–Crippen LogP) is 1.97. The van der Waals surface area contributed by atoms with Crippen LogP contribution < -0.4 is 5.32 Å². The van der Waals surface area contributed by atoms with E-state index in [1.807, 2.05) is 20.8 Å². The van der Waals surface area contributed by atoms with Crippen molar-refractivity contribution in [2.75, 3.05) is 53.6 Å². The van der Waals surface area contributed by atoms with Gasteiger partial charge in [0.15, 0.2) is 0 Å². The number of nitrogens with one attached hydrogen (secondary N) is 1. The molecule has 122 valence electrons. The van der Waals surface area contributed by atoms with Gasteiger partial charge in [-0.2, -0.15) is 0 Å². The number of unbranched alkanes of at least 4 members (excludes halogenated alkanes) is 1. The fraction of sp³-hybridized carbons (Fsp3) is 1.00. The zero-order valence-electron chi connectivity index (χ0n) is 14.0. The van der Waals surface area contributed by atoms with E-state index in [1.165, 1.54) is 0 Å². The van der Waals surface area contributed by atoms with E-state index >= 15 is 0 Å². The van der Waals surface area contributed by atoms with Crippen LogP contribution in [0.15, 0.2) is 0 Å². The third-order valence-electron chi connectivity index (χ3n) is 2.92. The number of rotatable bonds is 14. The van der Waals surface area contributed by atoms with E-state index in [-0.39, 0.29) is 0 Å². The molecule has 0 fully saturated rings. The highest BCUT2D eigenvalue weighted by Gasteiger charge is 2.39. The quantitative estimate of drug-likeness (QED) is 0.392. The topological polar surface area (TPSA) is 43.0 Å². The lowest BCUT2D eigenvalue weighted by Crippen LogP contribution is -2.46. The molecular weight excluding hydrogens is 272 g/mol. The molecule has 0 atom stereocenters. The first kappa shape index (κ1) is 20.0. The Morgan fingerprint density at radius 1 is 0.850 bits per heavy atom. The van der Waals surface area contributed by atoms with Crippen LogP contribution in [0, 0.1) is 0 Å². The monoisotopic (exact) mass is 306 g/mol. The van der Waals surface area contributed by atoms with Gasteiger partial charge in [-0.3, -0.25) is 0 Å². The first-order valence-corrected chi connectivity index (χ1v) is 9.80. The Hall–Kier alpha value is 0.0169. The van der Waals surface area contributed by atoms with E-state index in [0.29, 0.717) is 19.8 Å². The molecule has 0 aliphatic carbocycles. The maximum Gasteiger partial charge on any atom is 0.500 e. The Morgan fingerprint density at radius 2 is 1.40 bits per heavy atom. The van der Waals surface area contributed by atoms with E-state index in [2.05, 4.69) is 24.3 Å². The van der Waals surface area contributed by atoms with Gasteiger partial charge in [0.1, 0.15) is 0 Å². The molecule has 0 aromatic heterocycles. The molecule has 1 N–H and O–H groups in total. The highest BCUT2D eigenvalue weighted by atomic mass is 28.4. The Balaban J connectivity index is 3.88. The summed E-state index contributed by atoms with van der Waals surface area (Å²) in [6.45, 7) is 11.2. The van der Waals surface area contributed by atoms with Gasteiger partial charge in [0, 0.05) is 39.0 Å². The SMILES string of the molecule is CCO[Si](CCCCNCCN(C)C)(OCC)OCC. The molecule has 0 unspecified atom stereocenters. The number of likely N-dealkylation sites (N-methyl/N-ethyl adjacent to an activating group) is 1. The van der Waals surface area contributed by atoms with Crippen molar-refractivity contribution < 1.29 is 13.3 Å². The molecule has 0 bridgehead atoms. The van der Waals surface area contributed by atoms with Gasteiger partial charge in [-0.15, -0.1) is 0 Å². The molecule has 0 amide bonds. The fourth-order valence-electron chi connectivity index (χ4n) is 2.02. The molecule has 0 rings (SSSR count). The third-order valence-corrected chi connectivity index (χ3v) is 6.07. The van der Waals surface area contributed by atoms with Crippen LogP contribution in [0.5, 0.6) is 0 Å². The van der Waals surface area contributed by atoms with Crippen molar-refractivity contribution in [3.63, 3.8) is 0 Å². The minimum Gasteiger partial charge on any atom is -0.374 e. The lowest BCUT2D eigenvalue weighted by Gasteiger charge is -2.28. The minimum absolute atomic E-state index is 0.660. The lowest BCUT2D eigenvalue weighted by molar-refractivity contribution is 0.0707. The van der Waals surface area contributed by atoms with Crippen LogP contribution in [-0.4, -0.2) is 67.3 Å². The van der Waals surface area contributed by atoms with Gasteiger partial charge >= 0.3 is 8.80 Å². The van der Waals surface area contributed by atoms with Gasteiger partial charge in [-0.1, -0.05) is 0 Å². The Kier molecular flexibility index (Phi) is 12.7. The smallest absolute Gasteiger partial charge is 0.374 e. The number of hydrogen-bond donors (Lipinski definition) is 1. The molecule has 20 heavy (non-hydrogen) atoms. The van der Waals surface area contributed by atoms with Crippen LogP contribution in [0.1, 0.15) is 33.6 Å². The molecule has 0 aromatic carbocycles. The molecule has 0 heterocycles. The molecule has 0 spiro atoms. The maximum atomic E-state index is 5.84. The summed E-state index contributed by atoms with van der Waals surface area (Å²) in [5.74, 6) is 0. The van der Waals surface area contributed by atoms with E-state index in [1.54, 1.807) is 0 Å². The van der Waals surface area contributed by atoms with Crippen LogP contribution >= 0.6 is 0 Å². The van der Waals surface area contributed by atoms with Gasteiger partial charge < -0.3 is 23.5 Å². The predicted molar refractivity (Wildman–Crippen MR) is 86.1 cm³/mol. The van der Waals surface area contributed by atoms with Crippen molar-refractivity contribution in [1.82, 2.24) is 10.2 Å². The van der Waals surface area contributed by atoms with Crippen LogP contribution in [0.4, 0.5) is 0 Å². The second kappa shape index (κ2) is 12.7. The van der Waals surface area contributed by atoms with Crippen LogP contribution in [0.25, 0.3) is 0 Å². The second-order valence-corrected chi connectivity index (χ2v) is 7.72. The number of nitrogens with zero attached hydrogens (tertiary/aromatic N) is 1. The fourth-order valence-corrected chi connectivity index (χ4v) is 4.71. The first-order chi connectivity index (χ1) is 9.60. The van der Waals surface area contributed by atoms with Crippen LogP contribution in [0.3, 0.4) is 0 Å². The van der Waals surface area contributed by atoms with E-state index in [4.69, 9.17) is 13.3 Å². The van der Waals surface area contributed by atoms with Gasteiger partial charge in [0.25, 0.3) is 0 Å². The zero-order chi connectivity index (χ0) is 15.3. The molecule has 5 nitrogen and oxygen atoms in total. The van der Waals surface area contributed by atoms with Crippen molar-refractivity contribution in [3.8, 4) is 0 Å². The maximum absolute atomic E-state index is 5.84. The highest BCUT2D eigenvalue weighted by Crippen LogP contribution is 2.19. The molecule has 0 aromatic rings. The van der Waals surface area contributed by atoms with E-state index in [9.17, 15) is 0 Å². The Labute approximate surface area is 126 Å². The van der Waals surface area contributed by atoms with Gasteiger partial charge in [0.05, 0.1) is 0 Å². The lowest BCUT2D eigenvalue weighted by atomic mass is 10.3. The summed E-state index contributed by atoms with van der Waals surface area (Å²) >= 11 is 0. The number of hydrogen-bond acceptors (Lipinski definition) is 5. The summed E-state index contributed by atoms with van der Waals surface area (Å²) in [7, 11) is 1.76. The summed E-state index contributed by atoms with van der Waals surface area (Å²) in [4.78, 5) is 2.18. The molecule has 0 saturated carbocycles. The summed E-state index contributed by atoms with van der Waals surface area (Å²) in [5, 5.41) is 3.45. The van der Waals surface area contributed by atoms with Gasteiger partial charge in [-0.05, 0) is 54.3 Å². The summed E-state index contributed by atoms with van der Waals surface area (Å²) in [6, 6.07) is 0.915. The van der Waals surface area contributed by atoms with Crippen molar-refractivity contribution in [1.29, 1.82) is 0 Å². The van der Waals surface area contributed by atoms with Gasteiger partial charge in [-0.25, -0.2) is 0 Å². The van der Waals surface area contributed by atoms with Crippen molar-refractivity contribution in [2.24, 2.45) is 0 Å². The van der Waals surface area contributed by atoms with Crippen molar-refractivity contribution in [2.45, 2.75) is 39.7 Å². The molecular formula is C14H34N2O3Si. The highest BCUT2D eigenvalue weighted by molar-refractivity contribution is 6.60. The largest absolute Gasteiger partial charge is 0.500 e. The summed E-state index contributed by atoms with van der Waals surface area (Å²) < 4.78 is 17.5. The Morgan fingerprint density at radius 3 is 1.85 bits per heavy atom. The van der Waals surface area contributed by atoms with E-state index in [0.717, 1.165) is 38.5 Å². The first-order valence-electron chi connectivity index (χ1n) is 7.87. The van der Waals surface area contributed by atoms with Crippen molar-refractivity contribution >= 4 is 8.80 Å². The molecule has 0 saturated heterocycles. The zero-order valence-corrected chi connectivity index (χ0v) is 15.0. The summed E-state index contributed by atoms with van der Waals surface area (Å²) in [5.41, 5.74) is 0. The molecule has 0 aliphatic heterocycles. The molecule has 6 heteroatoms. The van der Waals surface area contributed by atoms with E-state index < -0.39 is 8.80 Å². The van der Waals surface area contributed by atoms with Gasteiger partial charge in [0.2, 0.25) is 0 Å². The third kappa shape index (κ3) is 9.85. The second-order valence-electron chi connectivity index (χ2n) is 4.99. The molecule has 0 radical (unpaired) electrons. The standard InChI is InChI=1S/C14H34N2O3Si/c1-6-17-20(18-7-2,19-8-3)14-10-9-11-15-12-13-16(4)5/h15H,6-14H2,1-5H3. The molecule has 0 aliphatic rings. The average molecular weight is 307 g/mol. The minimum atomic E-state index is -2.42. The van der Waals surface area contributed by atoms with Crippen molar-refractivity contribution in [3.05, 3.63) is 0 Å². The van der Waals surface area contributed by atoms with Crippen LogP contribution in [0.2, 0.25) is 6.04 Å². The summed E-state index contributed by atoms with van der Waals surface area (Å²) in [6.07, 6.45) is 2.22. The normalized spacial score (nSPS) is 12.3. The average Bonchev–Trinajstić information content (AvgIpc) is 2.38. The van der Waals surface area contributed by atoms with Crippen LogP contribution in [-0.2, 0) is 13.3 Å². The Bertz CT molecular complexity index is 202.